The van der Waals surface area contributed by atoms with E-state index < -0.39 is 5.97 Å². The van der Waals surface area contributed by atoms with Gasteiger partial charge in [-0.2, -0.15) is 0 Å². The number of thiophene rings is 1. The van der Waals surface area contributed by atoms with E-state index >= 15 is 0 Å². The Kier molecular flexibility index (Phi) is 4.13. The van der Waals surface area contributed by atoms with E-state index in [-0.39, 0.29) is 0 Å². The maximum Gasteiger partial charge on any atom is 0.303 e. The lowest BCUT2D eigenvalue weighted by atomic mass is 9.88. The zero-order chi connectivity index (χ0) is 14.1. The largest absolute Gasteiger partial charge is 0.481 e. The third-order valence-electron chi connectivity index (χ3n) is 4.85. The van der Waals surface area contributed by atoms with E-state index in [1.807, 2.05) is 11.3 Å². The number of hydrogen-bond acceptors (Lipinski definition) is 3. The molecule has 2 saturated heterocycles. The molecule has 20 heavy (non-hydrogen) atoms. The van der Waals surface area contributed by atoms with E-state index in [9.17, 15) is 4.79 Å². The zero-order valence-electron chi connectivity index (χ0n) is 12.0. The molecule has 2 bridgehead atoms. The maximum absolute atomic E-state index is 10.9. The highest BCUT2D eigenvalue weighted by molar-refractivity contribution is 7.11. The Labute approximate surface area is 124 Å². The summed E-state index contributed by atoms with van der Waals surface area (Å²) in [6.07, 6.45) is 6.15. The summed E-state index contributed by atoms with van der Waals surface area (Å²) in [5.41, 5.74) is 0. The molecular weight excluding hydrogens is 270 g/mol. The van der Waals surface area contributed by atoms with E-state index in [0.29, 0.717) is 24.4 Å². The van der Waals surface area contributed by atoms with Crippen molar-refractivity contribution < 1.29 is 9.90 Å². The van der Waals surface area contributed by atoms with Crippen LogP contribution in [-0.4, -0.2) is 28.1 Å². The van der Waals surface area contributed by atoms with Crippen LogP contribution in [0, 0.1) is 5.92 Å². The van der Waals surface area contributed by atoms with Crippen LogP contribution < -0.4 is 0 Å². The Morgan fingerprint density at radius 3 is 2.50 bits per heavy atom. The highest BCUT2D eigenvalue weighted by Crippen LogP contribution is 2.41. The summed E-state index contributed by atoms with van der Waals surface area (Å²) in [5.74, 6) is -0.232. The van der Waals surface area contributed by atoms with Gasteiger partial charge in [0.1, 0.15) is 0 Å². The lowest BCUT2D eigenvalue weighted by molar-refractivity contribution is -0.138. The van der Waals surface area contributed by atoms with Gasteiger partial charge in [-0.25, -0.2) is 0 Å². The summed E-state index contributed by atoms with van der Waals surface area (Å²) in [7, 11) is 0. The van der Waals surface area contributed by atoms with Crippen molar-refractivity contribution in [3.05, 3.63) is 21.9 Å². The van der Waals surface area contributed by atoms with E-state index in [1.165, 1.54) is 22.6 Å². The quantitative estimate of drug-likeness (QED) is 0.903. The van der Waals surface area contributed by atoms with Gasteiger partial charge in [0.25, 0.3) is 0 Å². The molecule has 0 saturated carbocycles. The van der Waals surface area contributed by atoms with Crippen LogP contribution in [0.25, 0.3) is 0 Å². The molecule has 3 nitrogen and oxygen atoms in total. The summed E-state index contributed by atoms with van der Waals surface area (Å²) in [5, 5.41) is 8.98. The van der Waals surface area contributed by atoms with Gasteiger partial charge in [-0.3, -0.25) is 9.69 Å². The van der Waals surface area contributed by atoms with Crippen LogP contribution >= 0.6 is 11.3 Å². The first-order chi connectivity index (χ1) is 9.65. The molecule has 1 N–H and O–H groups in total. The SMILES string of the molecule is CCc1ccc(CN2C3CCC2CC(CC(=O)O)C3)s1. The Morgan fingerprint density at radius 2 is 1.95 bits per heavy atom. The monoisotopic (exact) mass is 293 g/mol. The minimum Gasteiger partial charge on any atom is -0.481 e. The first-order valence-corrected chi connectivity index (χ1v) is 8.52. The number of aliphatic carboxylic acids is 1. The van der Waals surface area contributed by atoms with Crippen LogP contribution in [-0.2, 0) is 17.8 Å². The molecule has 2 atom stereocenters. The van der Waals surface area contributed by atoms with Crippen molar-refractivity contribution in [1.29, 1.82) is 0 Å². The highest BCUT2D eigenvalue weighted by Gasteiger charge is 2.40. The number of nitrogens with zero attached hydrogens (tertiary/aromatic N) is 1. The summed E-state index contributed by atoms with van der Waals surface area (Å²) in [6.45, 7) is 3.27. The Hall–Kier alpha value is -0.870. The number of carboxylic acids is 1. The van der Waals surface area contributed by atoms with Crippen molar-refractivity contribution in [2.24, 2.45) is 5.92 Å². The van der Waals surface area contributed by atoms with Crippen molar-refractivity contribution in [1.82, 2.24) is 4.90 Å². The highest BCUT2D eigenvalue weighted by atomic mass is 32.1. The second kappa shape index (κ2) is 5.86. The summed E-state index contributed by atoms with van der Waals surface area (Å²) >= 11 is 1.93. The van der Waals surface area contributed by atoms with Gasteiger partial charge in [0, 0.05) is 34.8 Å². The minimum absolute atomic E-state index is 0.361. The molecule has 0 aliphatic carbocycles. The van der Waals surface area contributed by atoms with Crippen molar-refractivity contribution in [3.63, 3.8) is 0 Å². The molecule has 3 rings (SSSR count). The van der Waals surface area contributed by atoms with Gasteiger partial charge in [0.05, 0.1) is 0 Å². The van der Waals surface area contributed by atoms with E-state index in [1.54, 1.807) is 0 Å². The van der Waals surface area contributed by atoms with Crippen molar-refractivity contribution in [2.75, 3.05) is 0 Å². The molecule has 0 aromatic carbocycles. The third-order valence-corrected chi connectivity index (χ3v) is 6.06. The van der Waals surface area contributed by atoms with Crippen LogP contribution in [0.2, 0.25) is 0 Å². The number of rotatable bonds is 5. The number of carboxylic acid groups (broad SMARTS) is 1. The number of carbonyl (C=O) groups is 1. The fourth-order valence-electron chi connectivity index (χ4n) is 3.94. The number of piperidine rings is 1. The molecule has 1 aromatic rings. The molecule has 0 amide bonds. The van der Waals surface area contributed by atoms with Crippen LogP contribution in [0.5, 0.6) is 0 Å². The van der Waals surface area contributed by atoms with Crippen LogP contribution in [0.3, 0.4) is 0 Å². The molecule has 2 aliphatic heterocycles. The molecule has 110 valence electrons. The third kappa shape index (κ3) is 2.91. The minimum atomic E-state index is -0.631. The number of aryl methyl sites for hydroxylation is 1. The normalized spacial score (nSPS) is 29.8. The first kappa shape index (κ1) is 14.1. The summed E-state index contributed by atoms with van der Waals surface area (Å²) < 4.78 is 0. The molecule has 1 aromatic heterocycles. The van der Waals surface area contributed by atoms with Crippen LogP contribution in [0.1, 0.15) is 48.8 Å². The molecule has 3 heterocycles. The van der Waals surface area contributed by atoms with Gasteiger partial charge in [-0.1, -0.05) is 6.92 Å². The van der Waals surface area contributed by atoms with Gasteiger partial charge in [-0.15, -0.1) is 11.3 Å². The topological polar surface area (TPSA) is 40.5 Å². The Bertz CT molecular complexity index is 471. The van der Waals surface area contributed by atoms with E-state index in [4.69, 9.17) is 5.11 Å². The van der Waals surface area contributed by atoms with Gasteiger partial charge < -0.3 is 5.11 Å². The molecule has 2 aliphatic rings. The number of hydrogen-bond donors (Lipinski definition) is 1. The summed E-state index contributed by atoms with van der Waals surface area (Å²) in [6, 6.07) is 5.75. The van der Waals surface area contributed by atoms with E-state index in [0.717, 1.165) is 25.8 Å². The smallest absolute Gasteiger partial charge is 0.303 e. The van der Waals surface area contributed by atoms with Crippen molar-refractivity contribution in [2.45, 2.75) is 64.1 Å². The fourth-order valence-corrected chi connectivity index (χ4v) is 4.90. The second-order valence-corrected chi connectivity index (χ2v) is 7.47. The van der Waals surface area contributed by atoms with Crippen molar-refractivity contribution in [3.8, 4) is 0 Å². The van der Waals surface area contributed by atoms with E-state index in [2.05, 4.69) is 24.0 Å². The zero-order valence-corrected chi connectivity index (χ0v) is 12.9. The standard InChI is InChI=1S/C16H23NO2S/c1-2-14-5-6-15(20-14)10-17-12-3-4-13(17)8-11(7-12)9-16(18)19/h5-6,11-13H,2-4,7-10H2,1H3,(H,18,19). The second-order valence-electron chi connectivity index (χ2n) is 6.21. The fraction of sp³-hybridized carbons (Fsp3) is 0.688. The Morgan fingerprint density at radius 1 is 1.30 bits per heavy atom. The molecule has 2 unspecified atom stereocenters. The molecule has 0 spiro atoms. The molecule has 0 radical (unpaired) electrons. The average Bonchev–Trinajstić information content (AvgIpc) is 2.93. The lowest BCUT2D eigenvalue weighted by Crippen LogP contribution is -2.42. The van der Waals surface area contributed by atoms with Crippen LogP contribution in [0.15, 0.2) is 12.1 Å². The number of fused-ring (bicyclic) bond motifs is 2. The molecule has 4 heteroatoms. The first-order valence-electron chi connectivity index (χ1n) is 7.70. The van der Waals surface area contributed by atoms with Gasteiger partial charge in [-0.05, 0) is 50.2 Å². The van der Waals surface area contributed by atoms with Gasteiger partial charge in [0.2, 0.25) is 0 Å². The van der Waals surface area contributed by atoms with Crippen LogP contribution in [0.4, 0.5) is 0 Å². The lowest BCUT2D eigenvalue weighted by Gasteiger charge is -2.38. The molecular formula is C16H23NO2S. The predicted octanol–water partition coefficient (Wildman–Crippen LogP) is 3.53. The average molecular weight is 293 g/mol. The maximum atomic E-state index is 10.9. The Balaban J connectivity index is 1.63. The van der Waals surface area contributed by atoms with Crippen molar-refractivity contribution >= 4 is 17.3 Å². The van der Waals surface area contributed by atoms with Gasteiger partial charge >= 0.3 is 5.97 Å². The van der Waals surface area contributed by atoms with Gasteiger partial charge in [0.15, 0.2) is 0 Å². The predicted molar refractivity (Wildman–Crippen MR) is 81.0 cm³/mol. The molecule has 2 fully saturated rings. The summed E-state index contributed by atoms with van der Waals surface area (Å²) in [4.78, 5) is 16.5.